The Bertz CT molecular complexity index is 639. The fraction of sp³-hybridized carbons (Fsp3) is 0.375. The molecule has 24 heavy (non-hydrogen) atoms. The molecule has 132 valence electrons. The third-order valence-electron chi connectivity index (χ3n) is 3.83. The van der Waals surface area contributed by atoms with Crippen molar-refractivity contribution in [3.63, 3.8) is 0 Å². The summed E-state index contributed by atoms with van der Waals surface area (Å²) in [5.74, 6) is 0.182. The first-order chi connectivity index (χ1) is 10.7. The van der Waals surface area contributed by atoms with Crippen LogP contribution < -0.4 is 5.32 Å². The molecule has 0 radical (unpaired) electrons. The van der Waals surface area contributed by atoms with Crippen LogP contribution in [0.4, 0.5) is 0 Å². The van der Waals surface area contributed by atoms with Crippen LogP contribution in [0.5, 0.6) is 0 Å². The highest BCUT2D eigenvalue weighted by molar-refractivity contribution is 7.09. The summed E-state index contributed by atoms with van der Waals surface area (Å²) in [6, 6.07) is 7.82. The van der Waals surface area contributed by atoms with Crippen LogP contribution in [0.1, 0.15) is 23.0 Å². The molecular weight excluding hydrogens is 389 g/mol. The molecule has 1 atom stereocenters. The predicted octanol–water partition coefficient (Wildman–Crippen LogP) is 3.75. The molecule has 8 heteroatoms. The lowest BCUT2D eigenvalue weighted by molar-refractivity contribution is -0.134. The average molecular weight is 409 g/mol. The number of carbonyl (C=O) groups excluding carboxylic acids is 1. The van der Waals surface area contributed by atoms with Gasteiger partial charge in [0, 0.05) is 49.1 Å². The maximum atomic E-state index is 12.6. The van der Waals surface area contributed by atoms with Crippen molar-refractivity contribution in [3.05, 3.63) is 51.4 Å². The van der Waals surface area contributed by atoms with Crippen molar-refractivity contribution in [1.82, 2.24) is 15.2 Å². The molecule has 4 nitrogen and oxygen atoms in total. The first-order valence-electron chi connectivity index (χ1n) is 7.38. The Balaban J connectivity index is 0.00000144. The summed E-state index contributed by atoms with van der Waals surface area (Å²) in [7, 11) is 0. The van der Waals surface area contributed by atoms with E-state index in [-0.39, 0.29) is 36.8 Å². The summed E-state index contributed by atoms with van der Waals surface area (Å²) in [6.07, 6.45) is 3.00. The van der Waals surface area contributed by atoms with E-state index >= 15 is 0 Å². The number of carbonyl (C=O) groups is 1. The minimum absolute atomic E-state index is 0. The fourth-order valence-corrected chi connectivity index (χ4v) is 3.57. The number of nitrogens with zero attached hydrogens (tertiary/aromatic N) is 2. The van der Waals surface area contributed by atoms with Gasteiger partial charge in [-0.3, -0.25) is 4.79 Å². The molecule has 1 aliphatic rings. The number of piperazine rings is 1. The summed E-state index contributed by atoms with van der Waals surface area (Å²) < 4.78 is 0. The molecule has 1 aromatic carbocycles. The largest absolute Gasteiger partial charge is 0.333 e. The Morgan fingerprint density at radius 1 is 1.42 bits per heavy atom. The van der Waals surface area contributed by atoms with E-state index in [2.05, 4.69) is 10.3 Å². The Morgan fingerprint density at radius 2 is 2.25 bits per heavy atom. The van der Waals surface area contributed by atoms with Gasteiger partial charge in [-0.05, 0) is 17.7 Å². The van der Waals surface area contributed by atoms with Gasteiger partial charge >= 0.3 is 0 Å². The molecule has 1 aliphatic heterocycles. The van der Waals surface area contributed by atoms with Gasteiger partial charge in [-0.25, -0.2) is 4.98 Å². The molecular formula is C16H20Cl3N3OS. The number of nitrogens with one attached hydrogen (secondary N) is 1. The molecule has 0 spiro atoms. The van der Waals surface area contributed by atoms with Gasteiger partial charge in [-0.2, -0.15) is 0 Å². The third kappa shape index (κ3) is 5.33. The number of rotatable bonds is 4. The number of aromatic nitrogens is 1. The Hall–Kier alpha value is -0.850. The van der Waals surface area contributed by atoms with E-state index in [0.29, 0.717) is 17.9 Å². The average Bonchev–Trinajstić information content (AvgIpc) is 3.06. The predicted molar refractivity (Wildman–Crippen MR) is 104 cm³/mol. The van der Waals surface area contributed by atoms with Crippen LogP contribution in [0.2, 0.25) is 5.02 Å². The lowest BCUT2D eigenvalue weighted by Crippen LogP contribution is -2.48. The van der Waals surface area contributed by atoms with Gasteiger partial charge in [-0.15, -0.1) is 36.2 Å². The summed E-state index contributed by atoms with van der Waals surface area (Å²) in [4.78, 5) is 18.8. The second-order valence-corrected chi connectivity index (χ2v) is 6.70. The lowest BCUT2D eigenvalue weighted by Gasteiger charge is -2.36. The SMILES string of the molecule is Cl.Cl.O=C(CCc1nccs1)N1CCNCC1c1cccc(Cl)c1. The fourth-order valence-electron chi connectivity index (χ4n) is 2.75. The van der Waals surface area contributed by atoms with Gasteiger partial charge in [0.25, 0.3) is 0 Å². The summed E-state index contributed by atoms with van der Waals surface area (Å²) in [5.41, 5.74) is 1.09. The standard InChI is InChI=1S/C16H18ClN3OS.2ClH/c17-13-3-1-2-12(10-13)14-11-18-6-8-20(14)16(21)5-4-15-19-7-9-22-15;;/h1-3,7,9-10,14,18H,4-6,8,11H2;2*1H. The van der Waals surface area contributed by atoms with Crippen molar-refractivity contribution in [2.45, 2.75) is 18.9 Å². The van der Waals surface area contributed by atoms with Crippen molar-refractivity contribution < 1.29 is 4.79 Å². The zero-order chi connectivity index (χ0) is 15.4. The topological polar surface area (TPSA) is 45.2 Å². The van der Waals surface area contributed by atoms with Crippen LogP contribution in [-0.2, 0) is 11.2 Å². The van der Waals surface area contributed by atoms with Gasteiger partial charge in [0.1, 0.15) is 0 Å². The molecule has 3 rings (SSSR count). The number of thiazole rings is 1. The number of aryl methyl sites for hydroxylation is 1. The van der Waals surface area contributed by atoms with Gasteiger partial charge in [0.2, 0.25) is 5.91 Å². The van der Waals surface area contributed by atoms with E-state index < -0.39 is 0 Å². The Morgan fingerprint density at radius 3 is 2.96 bits per heavy atom. The van der Waals surface area contributed by atoms with Crippen LogP contribution in [-0.4, -0.2) is 35.4 Å². The second kappa shape index (κ2) is 10.2. The van der Waals surface area contributed by atoms with Crippen molar-refractivity contribution >= 4 is 53.7 Å². The number of amides is 1. The number of benzene rings is 1. The normalized spacial score (nSPS) is 16.9. The van der Waals surface area contributed by atoms with Crippen molar-refractivity contribution in [2.75, 3.05) is 19.6 Å². The van der Waals surface area contributed by atoms with Crippen LogP contribution in [0.15, 0.2) is 35.8 Å². The van der Waals surface area contributed by atoms with Crippen molar-refractivity contribution in [1.29, 1.82) is 0 Å². The van der Waals surface area contributed by atoms with Gasteiger partial charge < -0.3 is 10.2 Å². The van der Waals surface area contributed by atoms with Gasteiger partial charge in [0.15, 0.2) is 0 Å². The number of halogens is 3. The third-order valence-corrected chi connectivity index (χ3v) is 4.91. The van der Waals surface area contributed by atoms with E-state index in [1.165, 1.54) is 0 Å². The second-order valence-electron chi connectivity index (χ2n) is 5.29. The zero-order valence-electron chi connectivity index (χ0n) is 13.0. The molecule has 0 bridgehead atoms. The van der Waals surface area contributed by atoms with Crippen LogP contribution in [0.25, 0.3) is 0 Å². The van der Waals surface area contributed by atoms with Gasteiger partial charge in [-0.1, -0.05) is 23.7 Å². The van der Waals surface area contributed by atoms with Crippen molar-refractivity contribution in [2.24, 2.45) is 0 Å². The summed E-state index contributed by atoms with van der Waals surface area (Å²) in [5, 5.41) is 7.03. The molecule has 2 aromatic rings. The molecule has 1 unspecified atom stereocenters. The minimum atomic E-state index is 0. The zero-order valence-corrected chi connectivity index (χ0v) is 16.2. The lowest BCUT2D eigenvalue weighted by atomic mass is 10.0. The molecule has 1 saturated heterocycles. The molecule has 1 aromatic heterocycles. The highest BCUT2D eigenvalue weighted by atomic mass is 35.5. The van der Waals surface area contributed by atoms with Gasteiger partial charge in [0.05, 0.1) is 11.0 Å². The summed E-state index contributed by atoms with van der Waals surface area (Å²) in [6.45, 7) is 2.33. The molecule has 0 aliphatic carbocycles. The summed E-state index contributed by atoms with van der Waals surface area (Å²) >= 11 is 7.69. The highest BCUT2D eigenvalue weighted by Crippen LogP contribution is 2.25. The molecule has 1 N–H and O–H groups in total. The monoisotopic (exact) mass is 407 g/mol. The van der Waals surface area contributed by atoms with E-state index in [1.54, 1.807) is 17.5 Å². The number of hydrogen-bond donors (Lipinski definition) is 1. The maximum absolute atomic E-state index is 12.6. The number of hydrogen-bond acceptors (Lipinski definition) is 4. The Labute approximate surface area is 163 Å². The smallest absolute Gasteiger partial charge is 0.223 e. The first-order valence-corrected chi connectivity index (χ1v) is 8.64. The van der Waals surface area contributed by atoms with E-state index in [1.807, 2.05) is 34.5 Å². The van der Waals surface area contributed by atoms with Crippen LogP contribution >= 0.6 is 47.8 Å². The Kier molecular flexibility index (Phi) is 9.02. The molecule has 1 amide bonds. The maximum Gasteiger partial charge on any atom is 0.223 e. The molecule has 2 heterocycles. The quantitative estimate of drug-likeness (QED) is 0.838. The molecule has 1 fully saturated rings. The van der Waals surface area contributed by atoms with Crippen LogP contribution in [0, 0.1) is 0 Å². The molecule has 0 saturated carbocycles. The highest BCUT2D eigenvalue weighted by Gasteiger charge is 2.27. The van der Waals surface area contributed by atoms with E-state index in [4.69, 9.17) is 11.6 Å². The van der Waals surface area contributed by atoms with E-state index in [0.717, 1.165) is 30.2 Å². The van der Waals surface area contributed by atoms with Crippen molar-refractivity contribution in [3.8, 4) is 0 Å². The minimum Gasteiger partial charge on any atom is -0.333 e. The first kappa shape index (κ1) is 21.2. The van der Waals surface area contributed by atoms with E-state index in [9.17, 15) is 4.79 Å². The van der Waals surface area contributed by atoms with Crippen LogP contribution in [0.3, 0.4) is 0 Å².